The van der Waals surface area contributed by atoms with Crippen molar-refractivity contribution in [3.63, 3.8) is 0 Å². The Kier molecular flexibility index (Phi) is 6.07. The van der Waals surface area contributed by atoms with Gasteiger partial charge in [0, 0.05) is 18.3 Å². The van der Waals surface area contributed by atoms with Crippen LogP contribution >= 0.6 is 0 Å². The molecule has 0 saturated carbocycles. The molecule has 0 N–H and O–H groups in total. The third-order valence-corrected chi connectivity index (χ3v) is 4.19. The van der Waals surface area contributed by atoms with Gasteiger partial charge in [-0.3, -0.25) is 9.59 Å². The minimum absolute atomic E-state index is 0.183. The van der Waals surface area contributed by atoms with Gasteiger partial charge in [0.25, 0.3) is 5.91 Å². The molecule has 24 heavy (non-hydrogen) atoms. The SMILES string of the molecule is C=CCC(C)C1=CC(N(C)C(=O)c2ccccc2C=O)=CCC=C1. The first-order valence-electron chi connectivity index (χ1n) is 8.10. The lowest BCUT2D eigenvalue weighted by Gasteiger charge is -2.21. The molecule has 1 amide bonds. The van der Waals surface area contributed by atoms with E-state index in [1.807, 2.05) is 18.2 Å². The smallest absolute Gasteiger partial charge is 0.258 e. The van der Waals surface area contributed by atoms with E-state index in [1.54, 1.807) is 36.2 Å². The summed E-state index contributed by atoms with van der Waals surface area (Å²) in [6.07, 6.45) is 12.5. The standard InChI is InChI=1S/C21H23NO2/c1-4-9-16(2)17-10-5-7-12-19(14-17)22(3)21(24)20-13-8-6-11-18(20)15-23/h4-6,8,10-16H,1,7,9H2,2-3H3. The van der Waals surface area contributed by atoms with Crippen molar-refractivity contribution in [1.82, 2.24) is 4.90 Å². The highest BCUT2D eigenvalue weighted by Crippen LogP contribution is 2.23. The maximum atomic E-state index is 12.8. The second-order valence-electron chi connectivity index (χ2n) is 5.91. The number of benzene rings is 1. The summed E-state index contributed by atoms with van der Waals surface area (Å²) < 4.78 is 0. The number of amides is 1. The first kappa shape index (κ1) is 17.7. The van der Waals surface area contributed by atoms with Crippen molar-refractivity contribution in [3.05, 3.63) is 83.6 Å². The summed E-state index contributed by atoms with van der Waals surface area (Å²) in [5, 5.41) is 0. The van der Waals surface area contributed by atoms with Crippen LogP contribution in [0.2, 0.25) is 0 Å². The van der Waals surface area contributed by atoms with Crippen molar-refractivity contribution >= 4 is 12.2 Å². The van der Waals surface area contributed by atoms with Crippen molar-refractivity contribution < 1.29 is 9.59 Å². The van der Waals surface area contributed by atoms with Crippen LogP contribution in [0.4, 0.5) is 0 Å². The van der Waals surface area contributed by atoms with Gasteiger partial charge in [0.15, 0.2) is 6.29 Å². The molecule has 0 spiro atoms. The first-order valence-corrected chi connectivity index (χ1v) is 8.10. The number of allylic oxidation sites excluding steroid dienone is 6. The van der Waals surface area contributed by atoms with Crippen LogP contribution in [-0.4, -0.2) is 24.1 Å². The fourth-order valence-electron chi connectivity index (χ4n) is 2.69. The molecule has 1 aromatic rings. The van der Waals surface area contributed by atoms with Gasteiger partial charge in [-0.2, -0.15) is 0 Å². The molecule has 2 rings (SSSR count). The monoisotopic (exact) mass is 321 g/mol. The molecule has 0 fully saturated rings. The average Bonchev–Trinajstić information content (AvgIpc) is 2.87. The molecule has 1 aromatic carbocycles. The Hall–Kier alpha value is -2.68. The largest absolute Gasteiger partial charge is 0.312 e. The fourth-order valence-corrected chi connectivity index (χ4v) is 2.69. The molecular weight excluding hydrogens is 298 g/mol. The van der Waals surface area contributed by atoms with E-state index in [9.17, 15) is 9.59 Å². The molecule has 3 heteroatoms. The number of carbonyl (C=O) groups is 2. The molecule has 0 saturated heterocycles. The topological polar surface area (TPSA) is 37.4 Å². The number of rotatable bonds is 6. The lowest BCUT2D eigenvalue weighted by atomic mass is 9.96. The van der Waals surface area contributed by atoms with Crippen LogP contribution in [-0.2, 0) is 0 Å². The Bertz CT molecular complexity index is 725. The number of aldehydes is 1. The van der Waals surface area contributed by atoms with E-state index in [0.29, 0.717) is 17.0 Å². The second kappa shape index (κ2) is 8.25. The fraction of sp³-hybridized carbons (Fsp3) is 0.238. The Morgan fingerprint density at radius 1 is 1.38 bits per heavy atom. The number of hydrogen-bond donors (Lipinski definition) is 0. The van der Waals surface area contributed by atoms with Gasteiger partial charge in [-0.05, 0) is 36.5 Å². The van der Waals surface area contributed by atoms with Gasteiger partial charge in [-0.25, -0.2) is 0 Å². The van der Waals surface area contributed by atoms with Crippen molar-refractivity contribution in [1.29, 1.82) is 0 Å². The normalized spacial score (nSPS) is 14.9. The molecular formula is C21H23NO2. The lowest BCUT2D eigenvalue weighted by Crippen LogP contribution is -2.26. The summed E-state index contributed by atoms with van der Waals surface area (Å²) in [7, 11) is 1.74. The summed E-state index contributed by atoms with van der Waals surface area (Å²) >= 11 is 0. The van der Waals surface area contributed by atoms with Gasteiger partial charge < -0.3 is 4.90 Å². The zero-order valence-corrected chi connectivity index (χ0v) is 14.2. The van der Waals surface area contributed by atoms with E-state index >= 15 is 0 Å². The van der Waals surface area contributed by atoms with Crippen LogP contribution in [0, 0.1) is 5.92 Å². The molecule has 0 aliphatic heterocycles. The van der Waals surface area contributed by atoms with Gasteiger partial charge in [-0.1, -0.05) is 49.4 Å². The first-order chi connectivity index (χ1) is 11.6. The molecule has 1 aliphatic rings. The quantitative estimate of drug-likeness (QED) is 0.569. The van der Waals surface area contributed by atoms with Gasteiger partial charge >= 0.3 is 0 Å². The summed E-state index contributed by atoms with van der Waals surface area (Å²) in [6, 6.07) is 6.86. The summed E-state index contributed by atoms with van der Waals surface area (Å²) in [4.78, 5) is 25.6. The second-order valence-corrected chi connectivity index (χ2v) is 5.91. The molecule has 0 aromatic heterocycles. The Morgan fingerprint density at radius 2 is 2.12 bits per heavy atom. The number of nitrogens with zero attached hydrogens (tertiary/aromatic N) is 1. The maximum absolute atomic E-state index is 12.8. The van der Waals surface area contributed by atoms with E-state index in [0.717, 1.165) is 24.8 Å². The molecule has 1 atom stereocenters. The summed E-state index contributed by atoms with van der Waals surface area (Å²) in [5.74, 6) is 0.156. The minimum atomic E-state index is -0.183. The van der Waals surface area contributed by atoms with Crippen LogP contribution in [0.25, 0.3) is 0 Å². The number of carbonyl (C=O) groups excluding carboxylic acids is 2. The van der Waals surface area contributed by atoms with Gasteiger partial charge in [0.05, 0.1) is 5.56 Å². The van der Waals surface area contributed by atoms with E-state index in [4.69, 9.17) is 0 Å². The van der Waals surface area contributed by atoms with Crippen molar-refractivity contribution in [2.75, 3.05) is 7.05 Å². The Balaban J connectivity index is 2.30. The van der Waals surface area contributed by atoms with Crippen LogP contribution < -0.4 is 0 Å². The van der Waals surface area contributed by atoms with Gasteiger partial charge in [0.1, 0.15) is 0 Å². The highest BCUT2D eigenvalue weighted by molar-refractivity contribution is 6.02. The highest BCUT2D eigenvalue weighted by atomic mass is 16.2. The molecule has 1 aliphatic carbocycles. The third kappa shape index (κ3) is 3.99. The van der Waals surface area contributed by atoms with Crippen LogP contribution in [0.3, 0.4) is 0 Å². The summed E-state index contributed by atoms with van der Waals surface area (Å²) in [5.41, 5.74) is 2.84. The van der Waals surface area contributed by atoms with Crippen molar-refractivity contribution in [2.24, 2.45) is 5.92 Å². The zero-order valence-electron chi connectivity index (χ0n) is 14.2. The van der Waals surface area contributed by atoms with E-state index in [2.05, 4.69) is 25.7 Å². The predicted molar refractivity (Wildman–Crippen MR) is 97.8 cm³/mol. The van der Waals surface area contributed by atoms with Crippen molar-refractivity contribution in [3.8, 4) is 0 Å². The molecule has 1 unspecified atom stereocenters. The highest BCUT2D eigenvalue weighted by Gasteiger charge is 2.18. The maximum Gasteiger partial charge on any atom is 0.258 e. The molecule has 0 bridgehead atoms. The van der Waals surface area contributed by atoms with E-state index in [1.165, 1.54) is 5.57 Å². The van der Waals surface area contributed by atoms with E-state index in [-0.39, 0.29) is 5.91 Å². The molecule has 3 nitrogen and oxygen atoms in total. The third-order valence-electron chi connectivity index (χ3n) is 4.19. The van der Waals surface area contributed by atoms with Crippen LogP contribution in [0.1, 0.15) is 40.5 Å². The zero-order chi connectivity index (χ0) is 17.5. The van der Waals surface area contributed by atoms with Gasteiger partial charge in [-0.15, -0.1) is 6.58 Å². The molecule has 0 radical (unpaired) electrons. The summed E-state index contributed by atoms with van der Waals surface area (Å²) in [6.45, 7) is 5.94. The Labute approximate surface area is 143 Å². The number of hydrogen-bond acceptors (Lipinski definition) is 2. The lowest BCUT2D eigenvalue weighted by molar-refractivity contribution is 0.0836. The molecule has 124 valence electrons. The molecule has 0 heterocycles. The van der Waals surface area contributed by atoms with Gasteiger partial charge in [0.2, 0.25) is 0 Å². The minimum Gasteiger partial charge on any atom is -0.312 e. The van der Waals surface area contributed by atoms with Crippen molar-refractivity contribution in [2.45, 2.75) is 19.8 Å². The number of likely N-dealkylation sites (N-methyl/N-ethyl adjacent to an activating group) is 1. The predicted octanol–water partition coefficient (Wildman–Crippen LogP) is 4.55. The van der Waals surface area contributed by atoms with Crippen LogP contribution in [0.5, 0.6) is 0 Å². The van der Waals surface area contributed by atoms with E-state index < -0.39 is 0 Å². The van der Waals surface area contributed by atoms with Crippen LogP contribution in [0.15, 0.2) is 72.5 Å². The average molecular weight is 321 g/mol. The Morgan fingerprint density at radius 3 is 2.83 bits per heavy atom.